The minimum Gasteiger partial charge on any atom is -0.492 e. The maximum absolute atomic E-state index is 11.4. The molecule has 74 valence electrons. The van der Waals surface area contributed by atoms with Gasteiger partial charge < -0.3 is 9.47 Å². The van der Waals surface area contributed by atoms with Gasteiger partial charge in [0.15, 0.2) is 0 Å². The number of rotatable bonds is 1. The van der Waals surface area contributed by atoms with E-state index in [2.05, 4.69) is 4.74 Å². The highest BCUT2D eigenvalue weighted by Crippen LogP contribution is 2.29. The lowest BCUT2D eigenvalue weighted by molar-refractivity contribution is 0.0595. The molecule has 0 unspecified atom stereocenters. The fourth-order valence-electron chi connectivity index (χ4n) is 1.66. The van der Waals surface area contributed by atoms with Crippen LogP contribution in [0.25, 0.3) is 0 Å². The number of hydrogen-bond acceptors (Lipinski definition) is 3. The number of methoxy groups -OCH3 is 1. The van der Waals surface area contributed by atoms with Crippen LogP contribution in [0.3, 0.4) is 0 Å². The van der Waals surface area contributed by atoms with Gasteiger partial charge in [-0.3, -0.25) is 0 Å². The Morgan fingerprint density at radius 1 is 1.50 bits per heavy atom. The molecular formula is C11H12O3. The van der Waals surface area contributed by atoms with E-state index in [0.29, 0.717) is 17.9 Å². The van der Waals surface area contributed by atoms with Crippen molar-refractivity contribution in [1.29, 1.82) is 0 Å². The summed E-state index contributed by atoms with van der Waals surface area (Å²) in [5.74, 6) is 0.370. The summed E-state index contributed by atoms with van der Waals surface area (Å²) >= 11 is 0. The molecule has 0 saturated heterocycles. The lowest BCUT2D eigenvalue weighted by Crippen LogP contribution is -2.13. The number of benzene rings is 1. The van der Waals surface area contributed by atoms with Crippen LogP contribution in [0.5, 0.6) is 5.75 Å². The van der Waals surface area contributed by atoms with Crippen molar-refractivity contribution in [2.24, 2.45) is 0 Å². The molecule has 1 aliphatic rings. The smallest absolute Gasteiger partial charge is 0.341 e. The van der Waals surface area contributed by atoms with Crippen molar-refractivity contribution in [1.82, 2.24) is 0 Å². The van der Waals surface area contributed by atoms with Crippen molar-refractivity contribution in [3.8, 4) is 5.75 Å². The summed E-state index contributed by atoms with van der Waals surface area (Å²) in [5.41, 5.74) is 1.63. The van der Waals surface area contributed by atoms with Crippen molar-refractivity contribution < 1.29 is 14.3 Å². The molecule has 3 heteroatoms. The standard InChI is InChI=1S/C11H12O3/c1-13-11(12)9-6-2-4-8-5-3-7-14-10(8)9/h2,4,6H,3,5,7H2,1H3. The Morgan fingerprint density at radius 2 is 2.36 bits per heavy atom. The third-order valence-corrected chi connectivity index (χ3v) is 2.34. The molecule has 1 heterocycles. The molecule has 0 bridgehead atoms. The summed E-state index contributed by atoms with van der Waals surface area (Å²) in [6.07, 6.45) is 1.98. The molecule has 3 nitrogen and oxygen atoms in total. The van der Waals surface area contributed by atoms with E-state index in [9.17, 15) is 4.79 Å². The zero-order chi connectivity index (χ0) is 9.97. The van der Waals surface area contributed by atoms with Gasteiger partial charge in [0.1, 0.15) is 11.3 Å². The van der Waals surface area contributed by atoms with Crippen molar-refractivity contribution in [3.63, 3.8) is 0 Å². The van der Waals surface area contributed by atoms with Crippen LogP contribution < -0.4 is 4.74 Å². The van der Waals surface area contributed by atoms with Gasteiger partial charge in [-0.05, 0) is 24.5 Å². The largest absolute Gasteiger partial charge is 0.492 e. The first-order chi connectivity index (χ1) is 6.83. The Balaban J connectivity index is 2.45. The van der Waals surface area contributed by atoms with Crippen LogP contribution in [0.4, 0.5) is 0 Å². The number of ether oxygens (including phenoxy) is 2. The van der Waals surface area contributed by atoms with E-state index >= 15 is 0 Å². The Morgan fingerprint density at radius 3 is 3.14 bits per heavy atom. The van der Waals surface area contributed by atoms with Gasteiger partial charge in [0, 0.05) is 0 Å². The molecule has 2 rings (SSSR count). The molecule has 1 aromatic rings. The molecule has 0 N–H and O–H groups in total. The van der Waals surface area contributed by atoms with E-state index in [1.807, 2.05) is 12.1 Å². The number of aryl methyl sites for hydroxylation is 1. The van der Waals surface area contributed by atoms with Crippen molar-refractivity contribution in [2.45, 2.75) is 12.8 Å². The van der Waals surface area contributed by atoms with Gasteiger partial charge in [-0.15, -0.1) is 0 Å². The quantitative estimate of drug-likeness (QED) is 0.636. The highest BCUT2D eigenvalue weighted by molar-refractivity contribution is 5.93. The van der Waals surface area contributed by atoms with Crippen molar-refractivity contribution in [2.75, 3.05) is 13.7 Å². The second kappa shape index (κ2) is 3.70. The average molecular weight is 192 g/mol. The summed E-state index contributed by atoms with van der Waals surface area (Å²) in [7, 11) is 1.38. The Kier molecular flexibility index (Phi) is 2.39. The zero-order valence-electron chi connectivity index (χ0n) is 8.08. The lowest BCUT2D eigenvalue weighted by Gasteiger charge is -2.19. The zero-order valence-corrected chi connectivity index (χ0v) is 8.08. The lowest BCUT2D eigenvalue weighted by atomic mass is 10.0. The molecular weight excluding hydrogens is 180 g/mol. The van der Waals surface area contributed by atoms with E-state index in [4.69, 9.17) is 4.74 Å². The first-order valence-electron chi connectivity index (χ1n) is 4.66. The molecule has 0 aliphatic carbocycles. The van der Waals surface area contributed by atoms with Gasteiger partial charge in [0.2, 0.25) is 0 Å². The highest BCUT2D eigenvalue weighted by Gasteiger charge is 2.18. The van der Waals surface area contributed by atoms with Gasteiger partial charge in [-0.1, -0.05) is 12.1 Å². The molecule has 0 amide bonds. The van der Waals surface area contributed by atoms with Crippen molar-refractivity contribution >= 4 is 5.97 Å². The number of fused-ring (bicyclic) bond motifs is 1. The van der Waals surface area contributed by atoms with Gasteiger partial charge >= 0.3 is 5.97 Å². The van der Waals surface area contributed by atoms with Gasteiger partial charge in [-0.25, -0.2) is 4.79 Å². The molecule has 14 heavy (non-hydrogen) atoms. The Hall–Kier alpha value is -1.51. The SMILES string of the molecule is COC(=O)c1cccc2c1OCCC2. The third-order valence-electron chi connectivity index (χ3n) is 2.34. The van der Waals surface area contributed by atoms with Gasteiger partial charge in [0.05, 0.1) is 13.7 Å². The number of carbonyl (C=O) groups excluding carboxylic acids is 1. The van der Waals surface area contributed by atoms with Gasteiger partial charge in [-0.2, -0.15) is 0 Å². The van der Waals surface area contributed by atoms with Crippen molar-refractivity contribution in [3.05, 3.63) is 29.3 Å². The number of esters is 1. The number of para-hydroxylation sites is 1. The van der Waals surface area contributed by atoms with E-state index in [1.165, 1.54) is 7.11 Å². The van der Waals surface area contributed by atoms with E-state index in [0.717, 1.165) is 18.4 Å². The predicted octanol–water partition coefficient (Wildman–Crippen LogP) is 1.80. The van der Waals surface area contributed by atoms with Crippen LogP contribution in [-0.2, 0) is 11.2 Å². The number of hydrogen-bond donors (Lipinski definition) is 0. The molecule has 0 aromatic heterocycles. The predicted molar refractivity (Wildman–Crippen MR) is 51.6 cm³/mol. The summed E-state index contributed by atoms with van der Waals surface area (Å²) in [6, 6.07) is 5.58. The molecule has 1 aromatic carbocycles. The van der Waals surface area contributed by atoms with Crippen LogP contribution in [-0.4, -0.2) is 19.7 Å². The molecule has 0 radical (unpaired) electrons. The first-order valence-corrected chi connectivity index (χ1v) is 4.66. The second-order valence-corrected chi connectivity index (χ2v) is 3.24. The Bertz CT molecular complexity index is 358. The summed E-state index contributed by atoms with van der Waals surface area (Å²) in [5, 5.41) is 0. The van der Waals surface area contributed by atoms with E-state index in [1.54, 1.807) is 6.07 Å². The summed E-state index contributed by atoms with van der Waals surface area (Å²) in [6.45, 7) is 0.682. The van der Waals surface area contributed by atoms with Crippen LogP contribution in [0.1, 0.15) is 22.3 Å². The molecule has 0 fully saturated rings. The normalized spacial score (nSPS) is 14.1. The second-order valence-electron chi connectivity index (χ2n) is 3.24. The minimum atomic E-state index is -0.330. The fraction of sp³-hybridized carbons (Fsp3) is 0.364. The first kappa shape index (κ1) is 9.06. The molecule has 0 saturated carbocycles. The maximum Gasteiger partial charge on any atom is 0.341 e. The Labute approximate surface area is 82.6 Å². The average Bonchev–Trinajstić information content (AvgIpc) is 2.27. The van der Waals surface area contributed by atoms with Crippen LogP contribution in [0, 0.1) is 0 Å². The third kappa shape index (κ3) is 1.45. The number of carbonyl (C=O) groups is 1. The highest BCUT2D eigenvalue weighted by atomic mass is 16.5. The molecule has 0 spiro atoms. The maximum atomic E-state index is 11.4. The summed E-state index contributed by atoms with van der Waals surface area (Å²) < 4.78 is 10.2. The topological polar surface area (TPSA) is 35.5 Å². The summed E-state index contributed by atoms with van der Waals surface area (Å²) in [4.78, 5) is 11.4. The minimum absolute atomic E-state index is 0.330. The monoisotopic (exact) mass is 192 g/mol. The van der Waals surface area contributed by atoms with Crippen LogP contribution in [0.2, 0.25) is 0 Å². The fourth-order valence-corrected chi connectivity index (χ4v) is 1.66. The van der Waals surface area contributed by atoms with E-state index in [-0.39, 0.29) is 5.97 Å². The molecule has 0 atom stereocenters. The van der Waals surface area contributed by atoms with Gasteiger partial charge in [0.25, 0.3) is 0 Å². The van der Waals surface area contributed by atoms with Crippen LogP contribution in [0.15, 0.2) is 18.2 Å². The van der Waals surface area contributed by atoms with E-state index < -0.39 is 0 Å². The van der Waals surface area contributed by atoms with Crippen LogP contribution >= 0.6 is 0 Å². The molecule has 1 aliphatic heterocycles.